The fourth-order valence-electron chi connectivity index (χ4n) is 3.80. The van der Waals surface area contributed by atoms with Crippen LogP contribution in [0.1, 0.15) is 18.2 Å². The number of aliphatic hydroxyl groups is 1. The van der Waals surface area contributed by atoms with Gasteiger partial charge in [0.1, 0.15) is 11.4 Å². The molecule has 5 nitrogen and oxygen atoms in total. The first kappa shape index (κ1) is 15.7. The number of hydrogen-bond acceptors (Lipinski definition) is 5. The molecule has 0 bridgehead atoms. The SMILES string of the molecule is COc1ccc2c(c1OC)[C@@](C)(O)c1nccc3c(OC)ccc-2c13. The van der Waals surface area contributed by atoms with Gasteiger partial charge in [-0.15, -0.1) is 0 Å². The molecular weight excluding hydrogens is 318 g/mol. The minimum atomic E-state index is -1.33. The molecular formula is C20H19NO4. The van der Waals surface area contributed by atoms with Crippen molar-refractivity contribution >= 4 is 10.8 Å². The van der Waals surface area contributed by atoms with E-state index in [-0.39, 0.29) is 0 Å². The molecule has 25 heavy (non-hydrogen) atoms. The van der Waals surface area contributed by atoms with E-state index in [1.54, 1.807) is 34.4 Å². The molecule has 0 unspecified atom stereocenters. The van der Waals surface area contributed by atoms with Gasteiger partial charge in [-0.25, -0.2) is 0 Å². The van der Waals surface area contributed by atoms with Gasteiger partial charge in [-0.2, -0.15) is 0 Å². The van der Waals surface area contributed by atoms with Gasteiger partial charge in [-0.1, -0.05) is 0 Å². The van der Waals surface area contributed by atoms with E-state index in [0.29, 0.717) is 22.8 Å². The smallest absolute Gasteiger partial charge is 0.167 e. The summed E-state index contributed by atoms with van der Waals surface area (Å²) in [5.74, 6) is 1.85. The predicted molar refractivity (Wildman–Crippen MR) is 95.5 cm³/mol. The first-order chi connectivity index (χ1) is 12.0. The molecule has 0 saturated carbocycles. The van der Waals surface area contributed by atoms with Crippen LogP contribution in [0.3, 0.4) is 0 Å². The van der Waals surface area contributed by atoms with E-state index >= 15 is 0 Å². The first-order valence-corrected chi connectivity index (χ1v) is 7.99. The molecule has 0 aliphatic heterocycles. The lowest BCUT2D eigenvalue weighted by Gasteiger charge is -2.34. The highest BCUT2D eigenvalue weighted by atomic mass is 16.5. The van der Waals surface area contributed by atoms with Crippen molar-refractivity contribution in [3.05, 3.63) is 47.8 Å². The average Bonchev–Trinajstić information content (AvgIpc) is 2.64. The molecule has 0 amide bonds. The van der Waals surface area contributed by atoms with Crippen molar-refractivity contribution < 1.29 is 19.3 Å². The number of methoxy groups -OCH3 is 3. The number of benzene rings is 2. The van der Waals surface area contributed by atoms with Gasteiger partial charge in [0.05, 0.1) is 27.0 Å². The summed E-state index contributed by atoms with van der Waals surface area (Å²) in [4.78, 5) is 4.49. The first-order valence-electron chi connectivity index (χ1n) is 7.99. The van der Waals surface area contributed by atoms with Crippen LogP contribution in [-0.4, -0.2) is 31.4 Å². The highest BCUT2D eigenvalue weighted by Crippen LogP contribution is 2.53. The summed E-state index contributed by atoms with van der Waals surface area (Å²) in [6.45, 7) is 1.73. The third-order valence-electron chi connectivity index (χ3n) is 4.89. The van der Waals surface area contributed by atoms with Crippen LogP contribution in [0.4, 0.5) is 0 Å². The fraction of sp³-hybridized carbons (Fsp3) is 0.250. The van der Waals surface area contributed by atoms with Crippen LogP contribution in [0.25, 0.3) is 21.9 Å². The Morgan fingerprint density at radius 1 is 0.880 bits per heavy atom. The average molecular weight is 337 g/mol. The second kappa shape index (κ2) is 5.36. The van der Waals surface area contributed by atoms with E-state index in [4.69, 9.17) is 14.2 Å². The van der Waals surface area contributed by atoms with Gasteiger partial charge in [-0.05, 0) is 48.4 Å². The molecule has 5 heteroatoms. The lowest BCUT2D eigenvalue weighted by molar-refractivity contribution is 0.0952. The van der Waals surface area contributed by atoms with Crippen LogP contribution in [0.5, 0.6) is 17.2 Å². The Labute approximate surface area is 145 Å². The zero-order chi connectivity index (χ0) is 17.8. The number of nitrogens with zero attached hydrogens (tertiary/aromatic N) is 1. The third-order valence-corrected chi connectivity index (χ3v) is 4.89. The molecule has 0 saturated heterocycles. The molecule has 0 fully saturated rings. The second-order valence-corrected chi connectivity index (χ2v) is 6.19. The minimum Gasteiger partial charge on any atom is -0.496 e. The molecule has 1 heterocycles. The maximum Gasteiger partial charge on any atom is 0.167 e. The molecule has 0 spiro atoms. The van der Waals surface area contributed by atoms with Gasteiger partial charge < -0.3 is 19.3 Å². The van der Waals surface area contributed by atoms with E-state index in [1.165, 1.54) is 0 Å². The predicted octanol–water partition coefficient (Wildman–Crippen LogP) is 3.50. The molecule has 3 aromatic rings. The Morgan fingerprint density at radius 2 is 1.56 bits per heavy atom. The summed E-state index contributed by atoms with van der Waals surface area (Å²) in [7, 11) is 4.80. The molecule has 1 N–H and O–H groups in total. The molecule has 2 aromatic carbocycles. The van der Waals surface area contributed by atoms with Crippen LogP contribution >= 0.6 is 0 Å². The van der Waals surface area contributed by atoms with E-state index in [0.717, 1.165) is 27.6 Å². The van der Waals surface area contributed by atoms with Crippen LogP contribution < -0.4 is 14.2 Å². The van der Waals surface area contributed by atoms with Gasteiger partial charge in [0, 0.05) is 22.5 Å². The van der Waals surface area contributed by atoms with Crippen LogP contribution in [0.15, 0.2) is 36.5 Å². The Morgan fingerprint density at radius 3 is 2.24 bits per heavy atom. The quantitative estimate of drug-likeness (QED) is 0.793. The molecule has 1 aliphatic carbocycles. The summed E-state index contributed by atoms with van der Waals surface area (Å²) >= 11 is 0. The summed E-state index contributed by atoms with van der Waals surface area (Å²) in [5, 5.41) is 13.3. The standard InChI is InChI=1S/C20H19NO4/c1-20(22)17-12(6-8-15(24-3)18(17)25-4)11-5-7-14(23-2)13-9-10-21-19(20)16(11)13/h5-10,22H,1-4H3/t20-/m1/s1. The Hall–Kier alpha value is -2.79. The number of fused-ring (bicyclic) bond motifs is 2. The van der Waals surface area contributed by atoms with E-state index < -0.39 is 5.60 Å². The topological polar surface area (TPSA) is 60.8 Å². The highest BCUT2D eigenvalue weighted by molar-refractivity contribution is 6.05. The molecule has 1 aliphatic rings. The normalized spacial score (nSPS) is 18.0. The van der Waals surface area contributed by atoms with Crippen molar-refractivity contribution in [3.63, 3.8) is 0 Å². The van der Waals surface area contributed by atoms with Gasteiger partial charge in [0.25, 0.3) is 0 Å². The van der Waals surface area contributed by atoms with Crippen molar-refractivity contribution in [1.82, 2.24) is 4.98 Å². The van der Waals surface area contributed by atoms with Crippen molar-refractivity contribution in [2.24, 2.45) is 0 Å². The number of hydrogen-bond donors (Lipinski definition) is 1. The minimum absolute atomic E-state index is 0.519. The maximum absolute atomic E-state index is 11.4. The van der Waals surface area contributed by atoms with Crippen LogP contribution in [0, 0.1) is 0 Å². The van der Waals surface area contributed by atoms with Crippen molar-refractivity contribution in [2.75, 3.05) is 21.3 Å². The van der Waals surface area contributed by atoms with Gasteiger partial charge >= 0.3 is 0 Å². The summed E-state index contributed by atoms with van der Waals surface area (Å²) < 4.78 is 16.5. The number of rotatable bonds is 3. The van der Waals surface area contributed by atoms with Crippen molar-refractivity contribution in [2.45, 2.75) is 12.5 Å². The van der Waals surface area contributed by atoms with Gasteiger partial charge in [-0.3, -0.25) is 4.98 Å². The summed E-state index contributed by atoms with van der Waals surface area (Å²) in [5.41, 5.74) is 1.80. The second-order valence-electron chi connectivity index (χ2n) is 6.19. The van der Waals surface area contributed by atoms with Gasteiger partial charge in [0.2, 0.25) is 0 Å². The van der Waals surface area contributed by atoms with Crippen LogP contribution in [0.2, 0.25) is 0 Å². The fourth-order valence-corrected chi connectivity index (χ4v) is 3.80. The molecule has 1 atom stereocenters. The summed E-state index contributed by atoms with van der Waals surface area (Å²) in [6.07, 6.45) is 1.69. The van der Waals surface area contributed by atoms with E-state index in [2.05, 4.69) is 4.98 Å². The zero-order valence-electron chi connectivity index (χ0n) is 14.6. The monoisotopic (exact) mass is 337 g/mol. The van der Waals surface area contributed by atoms with E-state index in [9.17, 15) is 5.11 Å². The van der Waals surface area contributed by atoms with Crippen LogP contribution in [-0.2, 0) is 5.60 Å². The third kappa shape index (κ3) is 1.96. The lowest BCUT2D eigenvalue weighted by atomic mass is 9.76. The number of aromatic nitrogens is 1. The number of ether oxygens (including phenoxy) is 3. The number of pyridine rings is 1. The Bertz CT molecular complexity index is 995. The van der Waals surface area contributed by atoms with Crippen molar-refractivity contribution in [3.8, 4) is 28.4 Å². The van der Waals surface area contributed by atoms with E-state index in [1.807, 2.05) is 30.3 Å². The largest absolute Gasteiger partial charge is 0.496 e. The Balaban J connectivity index is 2.20. The van der Waals surface area contributed by atoms with Gasteiger partial charge in [0.15, 0.2) is 11.5 Å². The molecule has 0 radical (unpaired) electrons. The summed E-state index contributed by atoms with van der Waals surface area (Å²) in [6, 6.07) is 9.63. The Kier molecular flexibility index (Phi) is 3.37. The molecule has 4 rings (SSSR count). The molecule has 128 valence electrons. The lowest BCUT2D eigenvalue weighted by Crippen LogP contribution is -2.29. The highest BCUT2D eigenvalue weighted by Gasteiger charge is 2.40. The maximum atomic E-state index is 11.4. The molecule has 1 aromatic heterocycles. The zero-order valence-corrected chi connectivity index (χ0v) is 14.6. The van der Waals surface area contributed by atoms with Crippen molar-refractivity contribution in [1.29, 1.82) is 0 Å².